The number of pyridine rings is 1. The number of hydrogen-bond acceptors (Lipinski definition) is 5. The maximum Gasteiger partial charge on any atom is 0.144 e. The predicted octanol–water partition coefficient (Wildman–Crippen LogP) is 2.46. The standard InChI is InChI=1S/C15H16N4O/c1-10-3-4-11(8-16)15(19-10)18-9-12-7-13(17)5-6-14(12)20-2/h3-7H,9,17H2,1-2H3,(H,18,19). The monoisotopic (exact) mass is 268 g/mol. The Morgan fingerprint density at radius 2 is 2.15 bits per heavy atom. The molecule has 0 spiro atoms. The summed E-state index contributed by atoms with van der Waals surface area (Å²) in [6, 6.07) is 11.1. The van der Waals surface area contributed by atoms with Crippen LogP contribution >= 0.6 is 0 Å². The smallest absolute Gasteiger partial charge is 0.144 e. The molecule has 2 rings (SSSR count). The number of methoxy groups -OCH3 is 1. The lowest BCUT2D eigenvalue weighted by molar-refractivity contribution is 0.410. The van der Waals surface area contributed by atoms with Gasteiger partial charge in [0.1, 0.15) is 17.6 Å². The molecule has 0 unspecified atom stereocenters. The summed E-state index contributed by atoms with van der Waals surface area (Å²) < 4.78 is 5.29. The first-order valence-electron chi connectivity index (χ1n) is 6.18. The van der Waals surface area contributed by atoms with Crippen LogP contribution in [0, 0.1) is 18.3 Å². The largest absolute Gasteiger partial charge is 0.496 e. The minimum atomic E-state index is 0.485. The van der Waals surface area contributed by atoms with E-state index in [0.717, 1.165) is 17.0 Å². The third kappa shape index (κ3) is 2.98. The number of nitriles is 1. The van der Waals surface area contributed by atoms with Gasteiger partial charge in [-0.2, -0.15) is 5.26 Å². The minimum absolute atomic E-state index is 0.485. The van der Waals surface area contributed by atoms with Crippen molar-refractivity contribution < 1.29 is 4.74 Å². The first-order chi connectivity index (χ1) is 9.63. The molecule has 0 bridgehead atoms. The van der Waals surface area contributed by atoms with Crippen molar-refractivity contribution in [3.63, 3.8) is 0 Å². The van der Waals surface area contributed by atoms with Crippen LogP contribution in [0.3, 0.4) is 0 Å². The van der Waals surface area contributed by atoms with E-state index in [-0.39, 0.29) is 0 Å². The zero-order valence-electron chi connectivity index (χ0n) is 11.5. The number of nitrogens with zero attached hydrogens (tertiary/aromatic N) is 2. The van der Waals surface area contributed by atoms with E-state index in [1.54, 1.807) is 19.2 Å². The number of nitrogens with one attached hydrogen (secondary N) is 1. The van der Waals surface area contributed by atoms with Crippen molar-refractivity contribution in [1.29, 1.82) is 5.26 Å². The Kier molecular flexibility index (Phi) is 4.06. The second-order valence-electron chi connectivity index (χ2n) is 4.39. The van der Waals surface area contributed by atoms with Crippen LogP contribution in [0.5, 0.6) is 5.75 Å². The van der Waals surface area contributed by atoms with Crippen LogP contribution in [0.4, 0.5) is 11.5 Å². The fourth-order valence-corrected chi connectivity index (χ4v) is 1.90. The first-order valence-corrected chi connectivity index (χ1v) is 6.18. The van der Waals surface area contributed by atoms with Gasteiger partial charge in [-0.15, -0.1) is 0 Å². The molecule has 0 fully saturated rings. The summed E-state index contributed by atoms with van der Waals surface area (Å²) in [7, 11) is 1.61. The third-order valence-corrected chi connectivity index (χ3v) is 2.91. The third-order valence-electron chi connectivity index (χ3n) is 2.91. The summed E-state index contributed by atoms with van der Waals surface area (Å²) in [6.45, 7) is 2.37. The lowest BCUT2D eigenvalue weighted by atomic mass is 10.1. The van der Waals surface area contributed by atoms with Crippen LogP contribution in [0.1, 0.15) is 16.8 Å². The number of nitrogen functional groups attached to an aromatic ring is 1. The van der Waals surface area contributed by atoms with Gasteiger partial charge in [0.2, 0.25) is 0 Å². The van der Waals surface area contributed by atoms with Gasteiger partial charge in [0.25, 0.3) is 0 Å². The van der Waals surface area contributed by atoms with Gasteiger partial charge in [-0.25, -0.2) is 4.98 Å². The van der Waals surface area contributed by atoms with Gasteiger partial charge in [-0.1, -0.05) is 0 Å². The molecule has 0 aliphatic rings. The molecular formula is C15H16N4O. The number of aryl methyl sites for hydroxylation is 1. The van der Waals surface area contributed by atoms with Gasteiger partial charge in [0.05, 0.1) is 12.7 Å². The Morgan fingerprint density at radius 1 is 1.35 bits per heavy atom. The molecular weight excluding hydrogens is 252 g/mol. The summed E-state index contributed by atoms with van der Waals surface area (Å²) in [4.78, 5) is 4.33. The van der Waals surface area contributed by atoms with Crippen molar-refractivity contribution in [3.8, 4) is 11.8 Å². The molecule has 0 aliphatic heterocycles. The maximum atomic E-state index is 9.08. The van der Waals surface area contributed by atoms with Gasteiger partial charge >= 0.3 is 0 Å². The summed E-state index contributed by atoms with van der Waals surface area (Å²) in [5.41, 5.74) is 8.73. The van der Waals surface area contributed by atoms with Crippen LogP contribution < -0.4 is 15.8 Å². The van der Waals surface area contributed by atoms with Gasteiger partial charge in [0.15, 0.2) is 0 Å². The second-order valence-corrected chi connectivity index (χ2v) is 4.39. The quantitative estimate of drug-likeness (QED) is 0.832. The Balaban J connectivity index is 2.23. The number of anilines is 2. The van der Waals surface area contributed by atoms with Crippen LogP contribution in [-0.4, -0.2) is 12.1 Å². The van der Waals surface area contributed by atoms with Crippen molar-refractivity contribution in [2.75, 3.05) is 18.2 Å². The Morgan fingerprint density at radius 3 is 2.85 bits per heavy atom. The molecule has 1 heterocycles. The van der Waals surface area contributed by atoms with Crippen molar-refractivity contribution in [1.82, 2.24) is 4.98 Å². The fraction of sp³-hybridized carbons (Fsp3) is 0.200. The number of benzene rings is 1. The zero-order valence-corrected chi connectivity index (χ0v) is 11.5. The lowest BCUT2D eigenvalue weighted by Crippen LogP contribution is -2.06. The topological polar surface area (TPSA) is 84.0 Å². The molecule has 1 aromatic carbocycles. The molecule has 3 N–H and O–H groups in total. The predicted molar refractivity (Wildman–Crippen MR) is 78.4 cm³/mol. The summed E-state index contributed by atoms with van der Waals surface area (Å²) in [6.07, 6.45) is 0. The van der Waals surface area contributed by atoms with Gasteiger partial charge in [-0.05, 0) is 37.3 Å². The van der Waals surface area contributed by atoms with E-state index in [1.165, 1.54) is 0 Å². The number of rotatable bonds is 4. The van der Waals surface area contributed by atoms with Crippen molar-refractivity contribution >= 4 is 11.5 Å². The molecule has 0 amide bonds. The second kappa shape index (κ2) is 5.93. The van der Waals surface area contributed by atoms with E-state index in [9.17, 15) is 0 Å². The molecule has 0 saturated carbocycles. The van der Waals surface area contributed by atoms with Crippen LogP contribution in [0.25, 0.3) is 0 Å². The molecule has 2 aromatic rings. The average molecular weight is 268 g/mol. The summed E-state index contributed by atoms with van der Waals surface area (Å²) >= 11 is 0. The zero-order chi connectivity index (χ0) is 14.5. The van der Waals surface area contributed by atoms with E-state index in [0.29, 0.717) is 23.6 Å². The molecule has 0 aliphatic carbocycles. The highest BCUT2D eigenvalue weighted by molar-refractivity contribution is 5.54. The van der Waals surface area contributed by atoms with Gasteiger partial charge in [-0.3, -0.25) is 0 Å². The van der Waals surface area contributed by atoms with Crippen molar-refractivity contribution in [2.45, 2.75) is 13.5 Å². The Hall–Kier alpha value is -2.74. The number of hydrogen-bond donors (Lipinski definition) is 2. The first kappa shape index (κ1) is 13.7. The average Bonchev–Trinajstić information content (AvgIpc) is 2.45. The van der Waals surface area contributed by atoms with E-state index in [4.69, 9.17) is 15.7 Å². The molecule has 0 radical (unpaired) electrons. The molecule has 5 nitrogen and oxygen atoms in total. The maximum absolute atomic E-state index is 9.08. The number of nitrogens with two attached hydrogens (primary N) is 1. The molecule has 102 valence electrons. The highest BCUT2D eigenvalue weighted by Crippen LogP contribution is 2.22. The Labute approximate surface area is 118 Å². The molecule has 5 heteroatoms. The Bertz CT molecular complexity index is 661. The van der Waals surface area contributed by atoms with Gasteiger partial charge < -0.3 is 15.8 Å². The van der Waals surface area contributed by atoms with Crippen LogP contribution in [0.2, 0.25) is 0 Å². The summed E-state index contributed by atoms with van der Waals surface area (Å²) in [5.74, 6) is 1.31. The van der Waals surface area contributed by atoms with Crippen molar-refractivity contribution in [2.24, 2.45) is 0 Å². The van der Waals surface area contributed by atoms with E-state index >= 15 is 0 Å². The fourth-order valence-electron chi connectivity index (χ4n) is 1.90. The number of ether oxygens (including phenoxy) is 1. The molecule has 0 saturated heterocycles. The highest BCUT2D eigenvalue weighted by Gasteiger charge is 2.07. The van der Waals surface area contributed by atoms with Crippen LogP contribution in [-0.2, 0) is 6.54 Å². The molecule has 20 heavy (non-hydrogen) atoms. The summed E-state index contributed by atoms with van der Waals surface area (Å²) in [5, 5.41) is 12.2. The highest BCUT2D eigenvalue weighted by atomic mass is 16.5. The van der Waals surface area contributed by atoms with Crippen molar-refractivity contribution in [3.05, 3.63) is 47.2 Å². The van der Waals surface area contributed by atoms with E-state index in [2.05, 4.69) is 16.4 Å². The van der Waals surface area contributed by atoms with Gasteiger partial charge in [0, 0.05) is 23.5 Å². The lowest BCUT2D eigenvalue weighted by Gasteiger charge is -2.12. The molecule has 1 aromatic heterocycles. The normalized spacial score (nSPS) is 9.85. The van der Waals surface area contributed by atoms with Crippen LogP contribution in [0.15, 0.2) is 30.3 Å². The number of aromatic nitrogens is 1. The SMILES string of the molecule is COc1ccc(N)cc1CNc1nc(C)ccc1C#N. The van der Waals surface area contributed by atoms with E-state index in [1.807, 2.05) is 25.1 Å². The minimum Gasteiger partial charge on any atom is -0.496 e. The van der Waals surface area contributed by atoms with E-state index < -0.39 is 0 Å². The molecule has 0 atom stereocenters.